The molecule has 3 heterocycles. The molecule has 0 N–H and O–H groups in total. The van der Waals surface area contributed by atoms with E-state index in [1.54, 1.807) is 6.20 Å². The van der Waals surface area contributed by atoms with Crippen molar-refractivity contribution >= 4 is 0 Å². The molecule has 4 rings (SSSR count). The van der Waals surface area contributed by atoms with Gasteiger partial charge in [0.1, 0.15) is 0 Å². The summed E-state index contributed by atoms with van der Waals surface area (Å²) in [5, 5.41) is 0. The highest BCUT2D eigenvalue weighted by atomic mass is 16.1. The van der Waals surface area contributed by atoms with Gasteiger partial charge in [-0.15, -0.1) is 0 Å². The standard InChI is InChI=1S/C25H32N4O/c1-20(2)10-14-27-15-12-23-24(19-27)29(18-22-9-6-13-26-17-22)28(25(23)30)16-11-21-7-4-3-5-8-21/h3-9,13,17,20H,10-12,14-16,18-19H2,1-2H3. The number of aromatic nitrogens is 3. The van der Waals surface area contributed by atoms with Crippen LogP contribution in [0.25, 0.3) is 0 Å². The summed E-state index contributed by atoms with van der Waals surface area (Å²) in [4.78, 5) is 20.1. The Kier molecular flexibility index (Phi) is 6.48. The highest BCUT2D eigenvalue weighted by molar-refractivity contribution is 5.24. The van der Waals surface area contributed by atoms with Crippen molar-refractivity contribution in [2.45, 2.75) is 52.7 Å². The molecular formula is C25H32N4O. The Morgan fingerprint density at radius 1 is 1.00 bits per heavy atom. The number of rotatable bonds is 8. The number of hydrogen-bond acceptors (Lipinski definition) is 3. The van der Waals surface area contributed by atoms with Crippen molar-refractivity contribution in [2.75, 3.05) is 13.1 Å². The predicted octanol–water partition coefficient (Wildman–Crippen LogP) is 3.74. The van der Waals surface area contributed by atoms with Gasteiger partial charge in [-0.3, -0.25) is 19.4 Å². The maximum atomic E-state index is 13.3. The molecular weight excluding hydrogens is 372 g/mol. The van der Waals surface area contributed by atoms with E-state index >= 15 is 0 Å². The van der Waals surface area contributed by atoms with E-state index in [0.29, 0.717) is 19.0 Å². The fraction of sp³-hybridized carbons (Fsp3) is 0.440. The van der Waals surface area contributed by atoms with Crippen LogP contribution < -0.4 is 5.56 Å². The average molecular weight is 405 g/mol. The first-order chi connectivity index (χ1) is 14.6. The third-order valence-corrected chi connectivity index (χ3v) is 6.03. The second kappa shape index (κ2) is 9.43. The van der Waals surface area contributed by atoms with Gasteiger partial charge in [0.15, 0.2) is 0 Å². The molecule has 5 heteroatoms. The summed E-state index contributed by atoms with van der Waals surface area (Å²) >= 11 is 0. The normalized spacial score (nSPS) is 14.2. The van der Waals surface area contributed by atoms with Crippen molar-refractivity contribution in [2.24, 2.45) is 5.92 Å². The van der Waals surface area contributed by atoms with Gasteiger partial charge in [-0.1, -0.05) is 50.2 Å². The maximum Gasteiger partial charge on any atom is 0.270 e. The first-order valence-electron chi connectivity index (χ1n) is 11.1. The van der Waals surface area contributed by atoms with Gasteiger partial charge >= 0.3 is 0 Å². The zero-order valence-electron chi connectivity index (χ0n) is 18.1. The van der Waals surface area contributed by atoms with Crippen LogP contribution in [0.3, 0.4) is 0 Å². The first kappa shape index (κ1) is 20.6. The lowest BCUT2D eigenvalue weighted by molar-refractivity contribution is 0.230. The van der Waals surface area contributed by atoms with Crippen molar-refractivity contribution in [3.63, 3.8) is 0 Å². The van der Waals surface area contributed by atoms with E-state index in [2.05, 4.69) is 58.7 Å². The SMILES string of the molecule is CC(C)CCN1CCc2c(n(Cc3cccnc3)n(CCc3ccccc3)c2=O)C1. The van der Waals surface area contributed by atoms with Crippen molar-refractivity contribution < 1.29 is 0 Å². The number of fused-ring (bicyclic) bond motifs is 1. The van der Waals surface area contributed by atoms with Gasteiger partial charge in [0.2, 0.25) is 0 Å². The van der Waals surface area contributed by atoms with Crippen LogP contribution in [-0.2, 0) is 32.5 Å². The maximum absolute atomic E-state index is 13.3. The highest BCUT2D eigenvalue weighted by Crippen LogP contribution is 2.20. The predicted molar refractivity (Wildman–Crippen MR) is 121 cm³/mol. The summed E-state index contributed by atoms with van der Waals surface area (Å²) in [6.45, 7) is 8.85. The molecule has 5 nitrogen and oxygen atoms in total. The third-order valence-electron chi connectivity index (χ3n) is 6.03. The van der Waals surface area contributed by atoms with E-state index < -0.39 is 0 Å². The molecule has 3 aromatic rings. The van der Waals surface area contributed by atoms with Crippen LogP contribution in [0.2, 0.25) is 0 Å². The molecule has 1 aliphatic rings. The van der Waals surface area contributed by atoms with Crippen LogP contribution in [-0.4, -0.2) is 32.3 Å². The summed E-state index contributed by atoms with van der Waals surface area (Å²) in [6, 6.07) is 14.5. The molecule has 1 aromatic carbocycles. The van der Waals surface area contributed by atoms with E-state index in [1.165, 1.54) is 17.7 Å². The lowest BCUT2D eigenvalue weighted by atomic mass is 10.1. The molecule has 1 aliphatic heterocycles. The summed E-state index contributed by atoms with van der Waals surface area (Å²) in [6.07, 6.45) is 6.59. The van der Waals surface area contributed by atoms with E-state index in [1.807, 2.05) is 23.0 Å². The Labute approximate surface area is 179 Å². The zero-order valence-corrected chi connectivity index (χ0v) is 18.1. The van der Waals surface area contributed by atoms with Crippen LogP contribution in [0.5, 0.6) is 0 Å². The van der Waals surface area contributed by atoms with Crippen LogP contribution in [0.4, 0.5) is 0 Å². The number of aryl methyl sites for hydroxylation is 1. The molecule has 0 spiro atoms. The van der Waals surface area contributed by atoms with Crippen LogP contribution in [0.1, 0.15) is 42.7 Å². The van der Waals surface area contributed by atoms with E-state index in [9.17, 15) is 4.79 Å². The Bertz CT molecular complexity index is 1000. The Hall–Kier alpha value is -2.66. The van der Waals surface area contributed by atoms with Crippen LogP contribution >= 0.6 is 0 Å². The second-order valence-corrected chi connectivity index (χ2v) is 8.72. The molecule has 0 aliphatic carbocycles. The fourth-order valence-electron chi connectivity index (χ4n) is 4.26. The summed E-state index contributed by atoms with van der Waals surface area (Å²) in [7, 11) is 0. The molecule has 0 bridgehead atoms. The van der Waals surface area contributed by atoms with Gasteiger partial charge in [-0.25, -0.2) is 4.68 Å². The van der Waals surface area contributed by atoms with Crippen molar-refractivity contribution in [3.05, 3.63) is 87.6 Å². The van der Waals surface area contributed by atoms with Gasteiger partial charge in [0.25, 0.3) is 5.56 Å². The molecule has 158 valence electrons. The van der Waals surface area contributed by atoms with Gasteiger partial charge in [0, 0.05) is 37.6 Å². The van der Waals surface area contributed by atoms with Gasteiger partial charge in [0.05, 0.1) is 12.2 Å². The number of hydrogen-bond donors (Lipinski definition) is 0. The lowest BCUT2D eigenvalue weighted by Crippen LogP contribution is -2.34. The van der Waals surface area contributed by atoms with Gasteiger partial charge in [-0.2, -0.15) is 0 Å². The number of nitrogens with zero attached hydrogens (tertiary/aromatic N) is 4. The van der Waals surface area contributed by atoms with E-state index in [4.69, 9.17) is 0 Å². The molecule has 0 saturated carbocycles. The summed E-state index contributed by atoms with van der Waals surface area (Å²) in [5.41, 5.74) is 4.77. The highest BCUT2D eigenvalue weighted by Gasteiger charge is 2.26. The number of benzene rings is 1. The molecule has 2 aromatic heterocycles. The monoisotopic (exact) mass is 404 g/mol. The van der Waals surface area contributed by atoms with Gasteiger partial charge in [-0.05, 0) is 48.9 Å². The largest absolute Gasteiger partial charge is 0.297 e. The Morgan fingerprint density at radius 3 is 2.53 bits per heavy atom. The summed E-state index contributed by atoms with van der Waals surface area (Å²) in [5.74, 6) is 0.694. The quantitative estimate of drug-likeness (QED) is 0.574. The summed E-state index contributed by atoms with van der Waals surface area (Å²) < 4.78 is 4.19. The minimum Gasteiger partial charge on any atom is -0.297 e. The van der Waals surface area contributed by atoms with Crippen molar-refractivity contribution in [1.82, 2.24) is 19.2 Å². The first-order valence-corrected chi connectivity index (χ1v) is 11.1. The van der Waals surface area contributed by atoms with Crippen LogP contribution in [0, 0.1) is 5.92 Å². The second-order valence-electron chi connectivity index (χ2n) is 8.72. The number of pyridine rings is 1. The minimum atomic E-state index is 0.188. The minimum absolute atomic E-state index is 0.188. The molecule has 0 radical (unpaired) electrons. The van der Waals surface area contributed by atoms with Crippen LogP contribution in [0.15, 0.2) is 59.7 Å². The molecule has 0 amide bonds. The van der Waals surface area contributed by atoms with Crippen molar-refractivity contribution in [3.8, 4) is 0 Å². The zero-order chi connectivity index (χ0) is 20.9. The Morgan fingerprint density at radius 2 is 1.80 bits per heavy atom. The van der Waals surface area contributed by atoms with Crippen molar-refractivity contribution in [1.29, 1.82) is 0 Å². The smallest absolute Gasteiger partial charge is 0.270 e. The fourth-order valence-corrected chi connectivity index (χ4v) is 4.26. The molecule has 30 heavy (non-hydrogen) atoms. The lowest BCUT2D eigenvalue weighted by Gasteiger charge is -2.28. The topological polar surface area (TPSA) is 43.1 Å². The van der Waals surface area contributed by atoms with E-state index in [0.717, 1.165) is 43.6 Å². The molecule has 0 saturated heterocycles. The van der Waals surface area contributed by atoms with E-state index in [-0.39, 0.29) is 5.56 Å². The third kappa shape index (κ3) is 4.73. The Balaban J connectivity index is 1.64. The molecule has 0 atom stereocenters. The average Bonchev–Trinajstić information content (AvgIpc) is 3.03. The molecule has 0 fully saturated rings. The molecule has 0 unspecified atom stereocenters. The van der Waals surface area contributed by atoms with Gasteiger partial charge < -0.3 is 0 Å².